The molecule has 0 spiro atoms. The summed E-state index contributed by atoms with van der Waals surface area (Å²) in [4.78, 5) is 11.1. The first-order chi connectivity index (χ1) is 7.16. The molecule has 0 aromatic carbocycles. The van der Waals surface area contributed by atoms with Gasteiger partial charge in [0.25, 0.3) is 0 Å². The van der Waals surface area contributed by atoms with Crippen LogP contribution in [0.3, 0.4) is 0 Å². The third-order valence-corrected chi connectivity index (χ3v) is 2.39. The van der Waals surface area contributed by atoms with E-state index in [-0.39, 0.29) is 12.2 Å². The molecular weight excluding hydrogens is 225 g/mol. The monoisotopic (exact) mass is 238 g/mol. The van der Waals surface area contributed by atoms with E-state index in [4.69, 9.17) is 9.47 Å². The summed E-state index contributed by atoms with van der Waals surface area (Å²) < 4.78 is 46.2. The van der Waals surface area contributed by atoms with E-state index in [1.165, 1.54) is 13.8 Å². The summed E-state index contributed by atoms with van der Waals surface area (Å²) >= 11 is 0. The molecule has 1 aliphatic rings. The number of hydrogen-bond donors (Lipinski definition) is 0. The SMILES string of the molecule is C=C(C)C(=O)OC(C)C1(CC(F)(F)F)CO1. The third kappa shape index (κ3) is 3.23. The molecule has 3 nitrogen and oxygen atoms in total. The zero-order chi connectivity index (χ0) is 12.6. The van der Waals surface area contributed by atoms with Gasteiger partial charge in [-0.05, 0) is 13.8 Å². The number of alkyl halides is 3. The van der Waals surface area contributed by atoms with Crippen LogP contribution in [0.25, 0.3) is 0 Å². The largest absolute Gasteiger partial charge is 0.456 e. The summed E-state index contributed by atoms with van der Waals surface area (Å²) in [5, 5.41) is 0. The molecule has 0 aromatic heterocycles. The first kappa shape index (κ1) is 13.0. The van der Waals surface area contributed by atoms with E-state index in [1.807, 2.05) is 0 Å². The van der Waals surface area contributed by atoms with Crippen LogP contribution in [0.2, 0.25) is 0 Å². The molecule has 0 radical (unpaired) electrons. The van der Waals surface area contributed by atoms with Gasteiger partial charge in [-0.1, -0.05) is 6.58 Å². The van der Waals surface area contributed by atoms with Gasteiger partial charge in [0.05, 0.1) is 13.0 Å². The molecule has 16 heavy (non-hydrogen) atoms. The number of hydrogen-bond acceptors (Lipinski definition) is 3. The molecule has 1 fully saturated rings. The minimum Gasteiger partial charge on any atom is -0.456 e. The van der Waals surface area contributed by atoms with Gasteiger partial charge < -0.3 is 9.47 Å². The van der Waals surface area contributed by atoms with Crippen molar-refractivity contribution < 1.29 is 27.4 Å². The minimum atomic E-state index is -4.33. The van der Waals surface area contributed by atoms with Gasteiger partial charge in [-0.3, -0.25) is 0 Å². The van der Waals surface area contributed by atoms with Crippen LogP contribution in [0.4, 0.5) is 13.2 Å². The summed E-state index contributed by atoms with van der Waals surface area (Å²) in [7, 11) is 0. The average molecular weight is 238 g/mol. The predicted octanol–water partition coefficient (Wildman–Crippen LogP) is 2.22. The smallest absolute Gasteiger partial charge is 0.392 e. The molecule has 92 valence electrons. The molecule has 1 aliphatic heterocycles. The van der Waals surface area contributed by atoms with Crippen molar-refractivity contribution in [2.75, 3.05) is 6.61 Å². The summed E-state index contributed by atoms with van der Waals surface area (Å²) in [5.74, 6) is -0.704. The van der Waals surface area contributed by atoms with Crippen LogP contribution in [0.1, 0.15) is 20.3 Å². The van der Waals surface area contributed by atoms with Crippen LogP contribution in [0, 0.1) is 0 Å². The lowest BCUT2D eigenvalue weighted by Crippen LogP contribution is -2.36. The molecule has 0 N–H and O–H groups in total. The van der Waals surface area contributed by atoms with E-state index >= 15 is 0 Å². The van der Waals surface area contributed by atoms with Crippen molar-refractivity contribution in [1.29, 1.82) is 0 Å². The van der Waals surface area contributed by atoms with E-state index in [1.54, 1.807) is 0 Å². The van der Waals surface area contributed by atoms with E-state index in [2.05, 4.69) is 6.58 Å². The summed E-state index contributed by atoms with van der Waals surface area (Å²) in [6.45, 7) is 6.12. The highest BCUT2D eigenvalue weighted by Gasteiger charge is 2.57. The maximum atomic E-state index is 12.2. The van der Waals surface area contributed by atoms with Crippen molar-refractivity contribution >= 4 is 5.97 Å². The Morgan fingerprint density at radius 1 is 1.62 bits per heavy atom. The zero-order valence-electron chi connectivity index (χ0n) is 9.06. The minimum absolute atomic E-state index is 0.0445. The zero-order valence-corrected chi connectivity index (χ0v) is 9.06. The lowest BCUT2D eigenvalue weighted by molar-refractivity contribution is -0.167. The van der Waals surface area contributed by atoms with Crippen LogP contribution in [-0.2, 0) is 14.3 Å². The molecule has 0 saturated carbocycles. The Bertz CT molecular complexity index is 305. The van der Waals surface area contributed by atoms with E-state index in [0.717, 1.165) is 0 Å². The van der Waals surface area contributed by atoms with Crippen molar-refractivity contribution in [3.63, 3.8) is 0 Å². The van der Waals surface area contributed by atoms with E-state index < -0.39 is 30.3 Å². The van der Waals surface area contributed by atoms with Gasteiger partial charge in [0.1, 0.15) is 11.7 Å². The first-order valence-corrected chi connectivity index (χ1v) is 4.73. The predicted molar refractivity (Wildman–Crippen MR) is 49.7 cm³/mol. The molecule has 0 bridgehead atoms. The number of ether oxygens (including phenoxy) is 2. The normalized spacial score (nSPS) is 26.1. The Balaban J connectivity index is 2.57. The number of rotatable bonds is 4. The topological polar surface area (TPSA) is 38.8 Å². The Labute approximate surface area is 91.2 Å². The molecule has 0 amide bonds. The number of halogens is 3. The number of epoxide rings is 1. The van der Waals surface area contributed by atoms with Crippen LogP contribution in [-0.4, -0.2) is 30.5 Å². The average Bonchev–Trinajstić information content (AvgIpc) is 2.82. The Hall–Kier alpha value is -1.04. The molecule has 1 rings (SSSR count). The second kappa shape index (κ2) is 4.08. The second-order valence-corrected chi connectivity index (χ2v) is 3.97. The van der Waals surface area contributed by atoms with Gasteiger partial charge >= 0.3 is 12.1 Å². The first-order valence-electron chi connectivity index (χ1n) is 4.73. The number of carbonyl (C=O) groups excluding carboxylic acids is 1. The summed E-state index contributed by atoms with van der Waals surface area (Å²) in [6.07, 6.45) is -6.37. The lowest BCUT2D eigenvalue weighted by atomic mass is 10.0. The fourth-order valence-electron chi connectivity index (χ4n) is 1.28. The van der Waals surface area contributed by atoms with Gasteiger partial charge in [0, 0.05) is 5.57 Å². The van der Waals surface area contributed by atoms with Gasteiger partial charge in [0.15, 0.2) is 0 Å². The molecular formula is C10H13F3O3. The quantitative estimate of drug-likeness (QED) is 0.428. The van der Waals surface area contributed by atoms with Crippen molar-refractivity contribution in [2.45, 2.75) is 38.1 Å². The maximum absolute atomic E-state index is 12.2. The molecule has 0 aromatic rings. The fourth-order valence-corrected chi connectivity index (χ4v) is 1.28. The Morgan fingerprint density at radius 3 is 2.44 bits per heavy atom. The second-order valence-electron chi connectivity index (χ2n) is 3.97. The van der Waals surface area contributed by atoms with Crippen LogP contribution >= 0.6 is 0 Å². The highest BCUT2D eigenvalue weighted by molar-refractivity contribution is 5.87. The highest BCUT2D eigenvalue weighted by Crippen LogP contribution is 2.42. The molecule has 2 unspecified atom stereocenters. The highest BCUT2D eigenvalue weighted by atomic mass is 19.4. The Morgan fingerprint density at radius 2 is 2.12 bits per heavy atom. The van der Waals surface area contributed by atoms with Gasteiger partial charge in [0.2, 0.25) is 0 Å². The summed E-state index contributed by atoms with van der Waals surface area (Å²) in [6, 6.07) is 0. The van der Waals surface area contributed by atoms with Crippen molar-refractivity contribution in [3.8, 4) is 0 Å². The Kier molecular flexibility index (Phi) is 3.33. The molecule has 6 heteroatoms. The fraction of sp³-hybridized carbons (Fsp3) is 0.700. The third-order valence-electron chi connectivity index (χ3n) is 2.39. The van der Waals surface area contributed by atoms with Gasteiger partial charge in [-0.25, -0.2) is 4.79 Å². The molecule has 1 saturated heterocycles. The van der Waals surface area contributed by atoms with Crippen molar-refractivity contribution in [2.24, 2.45) is 0 Å². The van der Waals surface area contributed by atoms with Crippen LogP contribution < -0.4 is 0 Å². The van der Waals surface area contributed by atoms with Gasteiger partial charge in [-0.2, -0.15) is 13.2 Å². The maximum Gasteiger partial charge on any atom is 0.392 e. The van der Waals surface area contributed by atoms with Crippen molar-refractivity contribution in [1.82, 2.24) is 0 Å². The van der Waals surface area contributed by atoms with Gasteiger partial charge in [-0.15, -0.1) is 0 Å². The van der Waals surface area contributed by atoms with Crippen LogP contribution in [0.5, 0.6) is 0 Å². The van der Waals surface area contributed by atoms with Crippen molar-refractivity contribution in [3.05, 3.63) is 12.2 Å². The van der Waals surface area contributed by atoms with E-state index in [0.29, 0.717) is 0 Å². The van der Waals surface area contributed by atoms with E-state index in [9.17, 15) is 18.0 Å². The summed E-state index contributed by atoms with van der Waals surface area (Å²) in [5.41, 5.74) is -1.25. The number of esters is 1. The molecule has 2 atom stereocenters. The molecule has 1 heterocycles. The lowest BCUT2D eigenvalue weighted by Gasteiger charge is -2.21. The number of carbonyl (C=O) groups is 1. The molecule has 0 aliphatic carbocycles. The van der Waals surface area contributed by atoms with Crippen LogP contribution in [0.15, 0.2) is 12.2 Å². The standard InChI is InChI=1S/C10H13F3O3/c1-6(2)8(14)16-7(3)9(5-15-9)4-10(11,12)13/h7H,1,4-5H2,2-3H3.